The number of esters is 1. The number of hydrogen-bond acceptors (Lipinski definition) is 4. The Morgan fingerprint density at radius 3 is 3.11 bits per heavy atom. The van der Waals surface area contributed by atoms with Crippen LogP contribution in [-0.4, -0.2) is 23.3 Å². The zero-order valence-electron chi connectivity index (χ0n) is 10.8. The molecule has 19 heavy (non-hydrogen) atoms. The molecule has 5 nitrogen and oxygen atoms in total. The highest BCUT2D eigenvalue weighted by atomic mass is 16.5. The van der Waals surface area contributed by atoms with E-state index < -0.39 is 0 Å². The van der Waals surface area contributed by atoms with Gasteiger partial charge in [0.05, 0.1) is 13.5 Å². The first-order valence-corrected chi connectivity index (χ1v) is 6.08. The first kappa shape index (κ1) is 11.8. The molecule has 0 spiro atoms. The normalized spacial score (nSPS) is 17.8. The molecule has 1 aromatic carbocycles. The van der Waals surface area contributed by atoms with Gasteiger partial charge in [-0.2, -0.15) is 0 Å². The maximum Gasteiger partial charge on any atom is 0.313 e. The van der Waals surface area contributed by atoms with Crippen molar-refractivity contribution in [2.75, 3.05) is 7.11 Å². The smallest absolute Gasteiger partial charge is 0.313 e. The molecule has 3 rings (SSSR count). The number of fused-ring (bicyclic) bond motifs is 1. The summed E-state index contributed by atoms with van der Waals surface area (Å²) in [6, 6.07) is 7.73. The van der Waals surface area contributed by atoms with Gasteiger partial charge in [0.15, 0.2) is 0 Å². The highest BCUT2D eigenvalue weighted by molar-refractivity contribution is 5.77. The van der Waals surface area contributed by atoms with E-state index in [1.807, 2.05) is 31.2 Å². The fourth-order valence-electron chi connectivity index (χ4n) is 2.46. The van der Waals surface area contributed by atoms with Crippen LogP contribution < -0.4 is 9.47 Å². The second-order valence-corrected chi connectivity index (χ2v) is 4.57. The lowest BCUT2D eigenvalue weighted by Crippen LogP contribution is -2.20. The number of H-pyrrole nitrogens is 1. The van der Waals surface area contributed by atoms with E-state index in [0.717, 1.165) is 22.6 Å². The third kappa shape index (κ3) is 1.97. The summed E-state index contributed by atoms with van der Waals surface area (Å²) < 4.78 is 10.4. The third-order valence-corrected chi connectivity index (χ3v) is 3.39. The lowest BCUT2D eigenvalue weighted by atomic mass is 9.87. The number of methoxy groups -OCH3 is 1. The van der Waals surface area contributed by atoms with Gasteiger partial charge in [-0.1, -0.05) is 12.1 Å². The minimum atomic E-state index is -0.258. The Kier molecular flexibility index (Phi) is 2.74. The van der Waals surface area contributed by atoms with Crippen LogP contribution in [0.25, 0.3) is 0 Å². The molecule has 0 saturated carbocycles. The Hall–Kier alpha value is -2.30. The molecule has 5 heteroatoms. The molecule has 1 aliphatic heterocycles. The van der Waals surface area contributed by atoms with Crippen molar-refractivity contribution in [2.45, 2.75) is 19.3 Å². The Morgan fingerprint density at radius 2 is 2.32 bits per heavy atom. The van der Waals surface area contributed by atoms with Gasteiger partial charge in [0.2, 0.25) is 5.88 Å². The van der Waals surface area contributed by atoms with Crippen LogP contribution >= 0.6 is 0 Å². The highest BCUT2D eigenvalue weighted by Gasteiger charge is 2.32. The predicted molar refractivity (Wildman–Crippen MR) is 68.4 cm³/mol. The number of nitrogens with one attached hydrogen (secondary N) is 1. The molecule has 1 N–H and O–H groups in total. The number of benzene rings is 1. The highest BCUT2D eigenvalue weighted by Crippen LogP contribution is 2.39. The minimum absolute atomic E-state index is 0.0369. The van der Waals surface area contributed by atoms with Gasteiger partial charge in [0.1, 0.15) is 5.75 Å². The Labute approximate surface area is 110 Å². The molecule has 0 bridgehead atoms. The van der Waals surface area contributed by atoms with E-state index in [1.54, 1.807) is 7.11 Å². The summed E-state index contributed by atoms with van der Waals surface area (Å²) in [5.41, 5.74) is 2.91. The van der Waals surface area contributed by atoms with Crippen molar-refractivity contribution in [1.29, 1.82) is 0 Å². The van der Waals surface area contributed by atoms with Crippen LogP contribution in [0.1, 0.15) is 29.2 Å². The molecule has 1 unspecified atom stereocenters. The number of nitrogens with zero attached hydrogens (tertiary/aromatic N) is 1. The summed E-state index contributed by atoms with van der Waals surface area (Å²) in [5, 5.41) is 6.90. The van der Waals surface area contributed by atoms with Crippen molar-refractivity contribution in [2.24, 2.45) is 0 Å². The van der Waals surface area contributed by atoms with Crippen LogP contribution in [0.15, 0.2) is 24.3 Å². The zero-order valence-corrected chi connectivity index (χ0v) is 10.8. The molecular weight excluding hydrogens is 244 g/mol. The molecule has 2 aromatic rings. The van der Waals surface area contributed by atoms with Gasteiger partial charge in [0.25, 0.3) is 0 Å². The summed E-state index contributed by atoms with van der Waals surface area (Å²) in [6.07, 6.45) is 0.320. The Bertz CT molecular complexity index is 633. The molecule has 98 valence electrons. The monoisotopic (exact) mass is 258 g/mol. The van der Waals surface area contributed by atoms with E-state index in [0.29, 0.717) is 12.3 Å². The molecule has 0 amide bonds. The van der Waals surface area contributed by atoms with Gasteiger partial charge in [-0.3, -0.25) is 9.89 Å². The van der Waals surface area contributed by atoms with Crippen molar-refractivity contribution in [3.63, 3.8) is 0 Å². The van der Waals surface area contributed by atoms with Crippen molar-refractivity contribution in [3.05, 3.63) is 41.1 Å². The summed E-state index contributed by atoms with van der Waals surface area (Å²) in [6.45, 7) is 1.93. The number of hydrogen-bond donors (Lipinski definition) is 1. The Balaban J connectivity index is 2.09. The van der Waals surface area contributed by atoms with Gasteiger partial charge in [0, 0.05) is 17.2 Å². The van der Waals surface area contributed by atoms with Crippen LogP contribution in [0.3, 0.4) is 0 Å². The maximum atomic E-state index is 11.7. The molecule has 0 radical (unpaired) electrons. The second kappa shape index (κ2) is 4.42. The van der Waals surface area contributed by atoms with Gasteiger partial charge < -0.3 is 9.47 Å². The molecule has 1 atom stereocenters. The zero-order chi connectivity index (χ0) is 13.4. The summed E-state index contributed by atoms with van der Waals surface area (Å²) in [4.78, 5) is 11.7. The van der Waals surface area contributed by atoms with E-state index in [9.17, 15) is 4.79 Å². The fourth-order valence-corrected chi connectivity index (χ4v) is 2.46. The average molecular weight is 258 g/mol. The van der Waals surface area contributed by atoms with Crippen LogP contribution in [-0.2, 0) is 4.79 Å². The summed E-state index contributed by atoms with van der Waals surface area (Å²) >= 11 is 0. The molecule has 0 fully saturated rings. The third-order valence-electron chi connectivity index (χ3n) is 3.39. The van der Waals surface area contributed by atoms with Crippen molar-refractivity contribution in [1.82, 2.24) is 10.2 Å². The quantitative estimate of drug-likeness (QED) is 0.838. The molecule has 1 aliphatic rings. The molecule has 0 saturated heterocycles. The van der Waals surface area contributed by atoms with Crippen LogP contribution in [0, 0.1) is 6.92 Å². The van der Waals surface area contributed by atoms with Crippen molar-refractivity contribution in [3.8, 4) is 11.6 Å². The standard InChI is InChI=1S/C14H14N2O3/c1-8-13-11(7-12(17)19-14(13)16-15-8)9-4-3-5-10(6-9)18-2/h3-6,11H,7H2,1-2H3,(H,15,16). The van der Waals surface area contributed by atoms with Crippen LogP contribution in [0.4, 0.5) is 0 Å². The van der Waals surface area contributed by atoms with E-state index in [1.165, 1.54) is 0 Å². The number of carbonyl (C=O) groups excluding carboxylic acids is 1. The molecule has 1 aromatic heterocycles. The van der Waals surface area contributed by atoms with Gasteiger partial charge in [-0.15, -0.1) is 5.10 Å². The predicted octanol–water partition coefficient (Wildman–Crippen LogP) is 2.17. The average Bonchev–Trinajstić information content (AvgIpc) is 2.79. The first-order valence-electron chi connectivity index (χ1n) is 6.08. The second-order valence-electron chi connectivity index (χ2n) is 4.57. The maximum absolute atomic E-state index is 11.7. The van der Waals surface area contributed by atoms with Crippen molar-refractivity contribution >= 4 is 5.97 Å². The lowest BCUT2D eigenvalue weighted by Gasteiger charge is -2.22. The SMILES string of the molecule is COc1cccc(C2CC(=O)Oc3n[nH]c(C)c32)c1. The largest absolute Gasteiger partial charge is 0.497 e. The Morgan fingerprint density at radius 1 is 1.47 bits per heavy atom. The lowest BCUT2D eigenvalue weighted by molar-refractivity contribution is -0.135. The first-order chi connectivity index (χ1) is 9.19. The molecule has 2 heterocycles. The van der Waals surface area contributed by atoms with Crippen LogP contribution in [0.2, 0.25) is 0 Å². The molecular formula is C14H14N2O3. The summed E-state index contributed by atoms with van der Waals surface area (Å²) in [7, 11) is 1.63. The molecule has 0 aliphatic carbocycles. The fraction of sp³-hybridized carbons (Fsp3) is 0.286. The topological polar surface area (TPSA) is 64.2 Å². The van der Waals surface area contributed by atoms with Crippen molar-refractivity contribution < 1.29 is 14.3 Å². The minimum Gasteiger partial charge on any atom is -0.497 e. The number of aryl methyl sites for hydroxylation is 1. The summed E-state index contributed by atoms with van der Waals surface area (Å²) in [5.74, 6) is 0.873. The van der Waals surface area contributed by atoms with Gasteiger partial charge in [-0.05, 0) is 24.6 Å². The van der Waals surface area contributed by atoms with Gasteiger partial charge >= 0.3 is 5.97 Å². The number of ether oxygens (including phenoxy) is 2. The van der Waals surface area contributed by atoms with E-state index >= 15 is 0 Å². The number of rotatable bonds is 2. The van der Waals surface area contributed by atoms with E-state index in [-0.39, 0.29) is 11.9 Å². The number of aromatic nitrogens is 2. The van der Waals surface area contributed by atoms with Crippen LogP contribution in [0.5, 0.6) is 11.6 Å². The number of aromatic amines is 1. The van der Waals surface area contributed by atoms with E-state index in [4.69, 9.17) is 9.47 Å². The van der Waals surface area contributed by atoms with E-state index in [2.05, 4.69) is 10.2 Å². The number of carbonyl (C=O) groups is 1. The van der Waals surface area contributed by atoms with Gasteiger partial charge in [-0.25, -0.2) is 0 Å².